The zero-order chi connectivity index (χ0) is 13.5. The van der Waals surface area contributed by atoms with E-state index in [0.29, 0.717) is 18.9 Å². The molecule has 18 heavy (non-hydrogen) atoms. The standard InChI is InChI=1S/C12H18N2O4/c1-9(8-17-3)18-12-5-4-11(14(15)16)6-10(12)7-13-2/h4-6,9,13H,7-8H2,1-3H3. The molecule has 0 bridgehead atoms. The van der Waals surface area contributed by atoms with Crippen LogP contribution < -0.4 is 10.1 Å². The summed E-state index contributed by atoms with van der Waals surface area (Å²) in [5, 5.41) is 13.7. The van der Waals surface area contributed by atoms with Gasteiger partial charge < -0.3 is 14.8 Å². The SMILES string of the molecule is CNCc1cc([N+](=O)[O-])ccc1OC(C)COC. The number of nitrogens with one attached hydrogen (secondary N) is 1. The quantitative estimate of drug-likeness (QED) is 0.592. The Hall–Kier alpha value is -1.66. The molecule has 0 aromatic heterocycles. The Kier molecular flexibility index (Phi) is 5.54. The van der Waals surface area contributed by atoms with Gasteiger partial charge in [0, 0.05) is 31.4 Å². The maximum absolute atomic E-state index is 10.7. The van der Waals surface area contributed by atoms with Crippen molar-refractivity contribution >= 4 is 5.69 Å². The Balaban J connectivity index is 2.92. The Morgan fingerprint density at radius 2 is 2.22 bits per heavy atom. The van der Waals surface area contributed by atoms with Gasteiger partial charge in [-0.1, -0.05) is 0 Å². The third-order valence-electron chi connectivity index (χ3n) is 2.35. The Morgan fingerprint density at radius 3 is 2.78 bits per heavy atom. The van der Waals surface area contributed by atoms with Gasteiger partial charge in [-0.25, -0.2) is 0 Å². The van der Waals surface area contributed by atoms with Crippen molar-refractivity contribution in [1.82, 2.24) is 5.32 Å². The summed E-state index contributed by atoms with van der Waals surface area (Å²) in [5.74, 6) is 0.638. The second-order valence-electron chi connectivity index (χ2n) is 3.96. The van der Waals surface area contributed by atoms with Crippen molar-refractivity contribution in [1.29, 1.82) is 0 Å². The summed E-state index contributed by atoms with van der Waals surface area (Å²) in [6.07, 6.45) is -0.105. The van der Waals surface area contributed by atoms with Gasteiger partial charge in [0.05, 0.1) is 11.5 Å². The Labute approximate surface area is 106 Å². The fourth-order valence-corrected chi connectivity index (χ4v) is 1.61. The molecule has 1 unspecified atom stereocenters. The number of nitrogens with zero attached hydrogens (tertiary/aromatic N) is 1. The highest BCUT2D eigenvalue weighted by Crippen LogP contribution is 2.25. The van der Waals surface area contributed by atoms with Crippen molar-refractivity contribution in [2.45, 2.75) is 19.6 Å². The largest absolute Gasteiger partial charge is 0.488 e. The molecule has 0 aliphatic heterocycles. The molecule has 6 heteroatoms. The second-order valence-corrected chi connectivity index (χ2v) is 3.96. The number of benzene rings is 1. The first-order valence-electron chi connectivity index (χ1n) is 5.66. The number of hydrogen-bond donors (Lipinski definition) is 1. The lowest BCUT2D eigenvalue weighted by atomic mass is 10.1. The van der Waals surface area contributed by atoms with E-state index >= 15 is 0 Å². The lowest BCUT2D eigenvalue weighted by Gasteiger charge is -2.16. The minimum absolute atomic E-state index is 0.0620. The molecule has 1 rings (SSSR count). The molecular weight excluding hydrogens is 236 g/mol. The van der Waals surface area contributed by atoms with Crippen molar-refractivity contribution in [2.24, 2.45) is 0 Å². The van der Waals surface area contributed by atoms with Crippen LogP contribution >= 0.6 is 0 Å². The predicted molar refractivity (Wildman–Crippen MR) is 67.8 cm³/mol. The first-order valence-corrected chi connectivity index (χ1v) is 5.66. The molecule has 0 amide bonds. The maximum Gasteiger partial charge on any atom is 0.270 e. The molecule has 0 radical (unpaired) electrons. The average Bonchev–Trinajstić information content (AvgIpc) is 2.31. The lowest BCUT2D eigenvalue weighted by molar-refractivity contribution is -0.384. The molecule has 0 saturated heterocycles. The van der Waals surface area contributed by atoms with Crippen molar-refractivity contribution in [3.63, 3.8) is 0 Å². The zero-order valence-electron chi connectivity index (χ0n) is 10.8. The molecule has 0 saturated carbocycles. The maximum atomic E-state index is 10.7. The molecule has 0 spiro atoms. The molecule has 0 aliphatic rings. The summed E-state index contributed by atoms with van der Waals surface area (Å²) in [6.45, 7) is 2.86. The topological polar surface area (TPSA) is 73.6 Å². The van der Waals surface area contributed by atoms with E-state index in [9.17, 15) is 10.1 Å². The molecule has 0 heterocycles. The predicted octanol–water partition coefficient (Wildman–Crippen LogP) is 1.73. The van der Waals surface area contributed by atoms with E-state index in [4.69, 9.17) is 9.47 Å². The summed E-state index contributed by atoms with van der Waals surface area (Å²) in [4.78, 5) is 10.3. The smallest absolute Gasteiger partial charge is 0.270 e. The molecule has 1 N–H and O–H groups in total. The van der Waals surface area contributed by atoms with E-state index < -0.39 is 4.92 Å². The van der Waals surface area contributed by atoms with Crippen LogP contribution in [0.25, 0.3) is 0 Å². The molecule has 1 aromatic rings. The van der Waals surface area contributed by atoms with Gasteiger partial charge in [0.2, 0.25) is 0 Å². The fraction of sp³-hybridized carbons (Fsp3) is 0.500. The van der Waals surface area contributed by atoms with Gasteiger partial charge in [-0.2, -0.15) is 0 Å². The summed E-state index contributed by atoms with van der Waals surface area (Å²) in [6, 6.07) is 4.58. The molecular formula is C12H18N2O4. The number of non-ortho nitro benzene ring substituents is 1. The molecule has 1 atom stereocenters. The van der Waals surface area contributed by atoms with Gasteiger partial charge in [-0.05, 0) is 20.0 Å². The van der Waals surface area contributed by atoms with E-state index in [2.05, 4.69) is 5.32 Å². The van der Waals surface area contributed by atoms with Gasteiger partial charge >= 0.3 is 0 Å². The van der Waals surface area contributed by atoms with Gasteiger partial charge in [0.1, 0.15) is 11.9 Å². The lowest BCUT2D eigenvalue weighted by Crippen LogP contribution is -2.19. The number of hydrogen-bond acceptors (Lipinski definition) is 5. The molecule has 6 nitrogen and oxygen atoms in total. The zero-order valence-corrected chi connectivity index (χ0v) is 10.8. The van der Waals surface area contributed by atoms with Gasteiger partial charge in [-0.15, -0.1) is 0 Å². The third-order valence-corrected chi connectivity index (χ3v) is 2.35. The number of ether oxygens (including phenoxy) is 2. The van der Waals surface area contributed by atoms with Crippen LogP contribution in [0.1, 0.15) is 12.5 Å². The van der Waals surface area contributed by atoms with Crippen LogP contribution in [0.5, 0.6) is 5.75 Å². The summed E-state index contributed by atoms with van der Waals surface area (Å²) in [7, 11) is 3.38. The monoisotopic (exact) mass is 254 g/mol. The normalized spacial score (nSPS) is 12.2. The average molecular weight is 254 g/mol. The fourth-order valence-electron chi connectivity index (χ4n) is 1.61. The third kappa shape index (κ3) is 3.97. The van der Waals surface area contributed by atoms with Crippen LogP contribution in [0.2, 0.25) is 0 Å². The highest BCUT2D eigenvalue weighted by atomic mass is 16.6. The summed E-state index contributed by atoms with van der Waals surface area (Å²) >= 11 is 0. The summed E-state index contributed by atoms with van der Waals surface area (Å²) < 4.78 is 10.7. The summed E-state index contributed by atoms with van der Waals surface area (Å²) in [5.41, 5.74) is 0.821. The van der Waals surface area contributed by atoms with Crippen LogP contribution in [0.3, 0.4) is 0 Å². The number of rotatable bonds is 7. The van der Waals surface area contributed by atoms with Crippen molar-refractivity contribution in [3.05, 3.63) is 33.9 Å². The van der Waals surface area contributed by atoms with Gasteiger partial charge in [0.15, 0.2) is 0 Å². The van der Waals surface area contributed by atoms with E-state index in [1.54, 1.807) is 20.2 Å². The van der Waals surface area contributed by atoms with Crippen LogP contribution in [-0.2, 0) is 11.3 Å². The van der Waals surface area contributed by atoms with E-state index in [1.165, 1.54) is 12.1 Å². The molecule has 1 aromatic carbocycles. The number of nitro benzene ring substituents is 1. The highest BCUT2D eigenvalue weighted by molar-refractivity contribution is 5.43. The molecule has 0 aliphatic carbocycles. The second kappa shape index (κ2) is 6.93. The van der Waals surface area contributed by atoms with Crippen LogP contribution in [-0.4, -0.2) is 31.8 Å². The number of nitro groups is 1. The Morgan fingerprint density at radius 1 is 1.50 bits per heavy atom. The molecule has 0 fully saturated rings. The van der Waals surface area contributed by atoms with E-state index in [0.717, 1.165) is 5.56 Å². The first-order chi connectivity index (χ1) is 8.58. The van der Waals surface area contributed by atoms with Crippen LogP contribution in [0, 0.1) is 10.1 Å². The van der Waals surface area contributed by atoms with E-state index in [-0.39, 0.29) is 11.8 Å². The van der Waals surface area contributed by atoms with E-state index in [1.807, 2.05) is 6.92 Å². The minimum Gasteiger partial charge on any atom is -0.488 e. The minimum atomic E-state index is -0.415. The molecule has 100 valence electrons. The van der Waals surface area contributed by atoms with Gasteiger partial charge in [0.25, 0.3) is 5.69 Å². The van der Waals surface area contributed by atoms with Crippen LogP contribution in [0.4, 0.5) is 5.69 Å². The number of methoxy groups -OCH3 is 1. The van der Waals surface area contributed by atoms with Gasteiger partial charge in [-0.3, -0.25) is 10.1 Å². The van der Waals surface area contributed by atoms with Crippen molar-refractivity contribution in [3.8, 4) is 5.75 Å². The Bertz CT molecular complexity index is 409. The highest BCUT2D eigenvalue weighted by Gasteiger charge is 2.13. The van der Waals surface area contributed by atoms with Crippen LogP contribution in [0.15, 0.2) is 18.2 Å². The van der Waals surface area contributed by atoms with Crippen molar-refractivity contribution in [2.75, 3.05) is 20.8 Å². The first kappa shape index (κ1) is 14.4. The van der Waals surface area contributed by atoms with Crippen molar-refractivity contribution < 1.29 is 14.4 Å².